The molecule has 28 heavy (non-hydrogen) atoms. The third-order valence-corrected chi connectivity index (χ3v) is 5.44. The molecule has 0 saturated carbocycles. The smallest absolute Gasteiger partial charge is 0.449 e. The number of carbonyl (C=O) groups excluding carboxylic acids is 1. The molecule has 0 aliphatic carbocycles. The number of rotatable bonds is 2. The average molecular weight is 397 g/mol. The number of ether oxygens (including phenoxy) is 2. The van der Waals surface area contributed by atoms with Crippen LogP contribution in [0.5, 0.6) is 11.5 Å². The molecule has 3 heterocycles. The average Bonchev–Trinajstić information content (AvgIpc) is 2.97. The molecular formula is C19H22F3N3O3. The first-order valence-electron chi connectivity index (χ1n) is 9.44. The Kier molecular flexibility index (Phi) is 4.63. The van der Waals surface area contributed by atoms with E-state index in [0.29, 0.717) is 24.7 Å². The number of alkyl halides is 3. The lowest BCUT2D eigenvalue weighted by Gasteiger charge is -2.39. The standard InChI is InChI=1S/C19H22F3N3O3/c1-11-4-3-5-12(2)25(11)17(26)10-24-14-9-16-15(27-6-7-28-16)8-13(14)23-18(24)19(20,21)22/h8-9,11-12H,3-7,10H2,1-2H3/t11-,12+. The number of fused-ring (bicyclic) bond motifs is 2. The van der Waals surface area contributed by atoms with Gasteiger partial charge in [0.05, 0.1) is 11.0 Å². The fourth-order valence-corrected chi connectivity index (χ4v) is 4.17. The molecule has 1 fully saturated rings. The number of benzene rings is 1. The maximum atomic E-state index is 13.6. The number of nitrogens with zero attached hydrogens (tertiary/aromatic N) is 3. The minimum absolute atomic E-state index is 0.00450. The van der Waals surface area contributed by atoms with Gasteiger partial charge in [0.1, 0.15) is 19.8 Å². The zero-order valence-electron chi connectivity index (χ0n) is 15.8. The van der Waals surface area contributed by atoms with E-state index >= 15 is 0 Å². The van der Waals surface area contributed by atoms with Crippen LogP contribution in [0.25, 0.3) is 11.0 Å². The van der Waals surface area contributed by atoms with Crippen molar-refractivity contribution in [3.05, 3.63) is 18.0 Å². The van der Waals surface area contributed by atoms with E-state index in [9.17, 15) is 18.0 Å². The molecule has 0 unspecified atom stereocenters. The molecule has 0 N–H and O–H groups in total. The van der Waals surface area contributed by atoms with E-state index in [0.717, 1.165) is 23.8 Å². The lowest BCUT2D eigenvalue weighted by molar-refractivity contribution is -0.148. The van der Waals surface area contributed by atoms with Gasteiger partial charge in [0.15, 0.2) is 11.5 Å². The van der Waals surface area contributed by atoms with E-state index in [1.54, 1.807) is 4.90 Å². The molecular weight excluding hydrogens is 375 g/mol. The molecule has 0 bridgehead atoms. The van der Waals surface area contributed by atoms with Gasteiger partial charge in [-0.3, -0.25) is 4.79 Å². The third-order valence-electron chi connectivity index (χ3n) is 5.44. The van der Waals surface area contributed by atoms with Crippen molar-refractivity contribution in [3.63, 3.8) is 0 Å². The van der Waals surface area contributed by atoms with Gasteiger partial charge in [-0.2, -0.15) is 13.2 Å². The van der Waals surface area contributed by atoms with Gasteiger partial charge in [0.25, 0.3) is 0 Å². The van der Waals surface area contributed by atoms with Crippen LogP contribution in [0.4, 0.5) is 13.2 Å². The predicted molar refractivity (Wildman–Crippen MR) is 95.3 cm³/mol. The largest absolute Gasteiger partial charge is 0.486 e. The molecule has 1 aromatic carbocycles. The van der Waals surface area contributed by atoms with E-state index in [4.69, 9.17) is 9.47 Å². The van der Waals surface area contributed by atoms with Crippen LogP contribution in [0.2, 0.25) is 0 Å². The zero-order chi connectivity index (χ0) is 20.1. The van der Waals surface area contributed by atoms with Crippen LogP contribution in [0.3, 0.4) is 0 Å². The summed E-state index contributed by atoms with van der Waals surface area (Å²) in [5.74, 6) is -0.697. The van der Waals surface area contributed by atoms with Crippen LogP contribution >= 0.6 is 0 Å². The van der Waals surface area contributed by atoms with Gasteiger partial charge in [-0.1, -0.05) is 0 Å². The fourth-order valence-electron chi connectivity index (χ4n) is 4.17. The van der Waals surface area contributed by atoms with Gasteiger partial charge < -0.3 is 18.9 Å². The van der Waals surface area contributed by atoms with Crippen LogP contribution < -0.4 is 9.47 Å². The molecule has 2 aromatic rings. The van der Waals surface area contributed by atoms with Crippen molar-refractivity contribution in [1.82, 2.24) is 14.5 Å². The van der Waals surface area contributed by atoms with Crippen LogP contribution in [-0.2, 0) is 17.5 Å². The molecule has 1 aromatic heterocycles. The zero-order valence-corrected chi connectivity index (χ0v) is 15.8. The highest BCUT2D eigenvalue weighted by atomic mass is 19.4. The van der Waals surface area contributed by atoms with E-state index in [-0.39, 0.29) is 29.0 Å². The Morgan fingerprint density at radius 1 is 1.14 bits per heavy atom. The van der Waals surface area contributed by atoms with Crippen molar-refractivity contribution in [2.24, 2.45) is 0 Å². The first-order chi connectivity index (χ1) is 13.3. The third kappa shape index (κ3) is 3.27. The van der Waals surface area contributed by atoms with Gasteiger partial charge in [0.2, 0.25) is 11.7 Å². The van der Waals surface area contributed by atoms with Crippen LogP contribution in [0.1, 0.15) is 38.9 Å². The molecule has 4 rings (SSSR count). The molecule has 2 aliphatic heterocycles. The molecule has 1 amide bonds. The Hall–Kier alpha value is -2.45. The Labute approximate surface area is 160 Å². The Morgan fingerprint density at radius 2 is 1.75 bits per heavy atom. The molecule has 2 aliphatic rings. The number of imidazole rings is 1. The van der Waals surface area contributed by atoms with E-state index < -0.39 is 18.5 Å². The number of halogens is 3. The number of aromatic nitrogens is 2. The number of amides is 1. The van der Waals surface area contributed by atoms with E-state index in [2.05, 4.69) is 4.98 Å². The van der Waals surface area contributed by atoms with Gasteiger partial charge in [-0.25, -0.2) is 4.98 Å². The van der Waals surface area contributed by atoms with Crippen molar-refractivity contribution in [2.45, 2.75) is 57.9 Å². The van der Waals surface area contributed by atoms with Crippen molar-refractivity contribution in [3.8, 4) is 11.5 Å². The summed E-state index contributed by atoms with van der Waals surface area (Å²) in [6.45, 7) is 4.10. The van der Waals surface area contributed by atoms with Gasteiger partial charge in [-0.05, 0) is 33.1 Å². The van der Waals surface area contributed by atoms with Crippen molar-refractivity contribution >= 4 is 16.9 Å². The minimum atomic E-state index is -4.68. The van der Waals surface area contributed by atoms with Crippen LogP contribution in [0.15, 0.2) is 12.1 Å². The number of likely N-dealkylation sites (tertiary alicyclic amines) is 1. The summed E-state index contributed by atoms with van der Waals surface area (Å²) in [6.07, 6.45) is -1.96. The number of hydrogen-bond acceptors (Lipinski definition) is 4. The minimum Gasteiger partial charge on any atom is -0.486 e. The molecule has 2 atom stereocenters. The summed E-state index contributed by atoms with van der Waals surface area (Å²) in [7, 11) is 0. The SMILES string of the molecule is C[C@@H]1CCC[C@H](C)N1C(=O)Cn1c(C(F)(F)F)nc2cc3c(cc21)OCCO3. The van der Waals surface area contributed by atoms with Gasteiger partial charge >= 0.3 is 6.18 Å². The van der Waals surface area contributed by atoms with Crippen molar-refractivity contribution in [1.29, 1.82) is 0 Å². The maximum Gasteiger partial charge on any atom is 0.449 e. The molecule has 0 spiro atoms. The molecule has 1 saturated heterocycles. The van der Waals surface area contributed by atoms with Crippen LogP contribution in [0, 0.1) is 0 Å². The summed E-state index contributed by atoms with van der Waals surface area (Å²) in [5, 5.41) is 0. The lowest BCUT2D eigenvalue weighted by Crippen LogP contribution is -2.48. The highest BCUT2D eigenvalue weighted by Crippen LogP contribution is 2.38. The summed E-state index contributed by atoms with van der Waals surface area (Å²) < 4.78 is 52.8. The predicted octanol–water partition coefficient (Wildman–Crippen LogP) is 3.62. The molecule has 152 valence electrons. The van der Waals surface area contributed by atoms with E-state index in [1.807, 2.05) is 13.8 Å². The summed E-state index contributed by atoms with van der Waals surface area (Å²) >= 11 is 0. The monoisotopic (exact) mass is 397 g/mol. The number of hydrogen-bond donors (Lipinski definition) is 0. The molecule has 9 heteroatoms. The first kappa shape index (κ1) is 18.9. The highest BCUT2D eigenvalue weighted by Gasteiger charge is 2.39. The summed E-state index contributed by atoms with van der Waals surface area (Å²) in [4.78, 5) is 18.4. The second-order valence-electron chi connectivity index (χ2n) is 7.43. The van der Waals surface area contributed by atoms with Gasteiger partial charge in [0, 0.05) is 24.2 Å². The Bertz CT molecular complexity index is 899. The first-order valence-corrected chi connectivity index (χ1v) is 9.44. The van der Waals surface area contributed by atoms with Gasteiger partial charge in [-0.15, -0.1) is 0 Å². The maximum absolute atomic E-state index is 13.6. The Balaban J connectivity index is 1.76. The number of carbonyl (C=O) groups is 1. The van der Waals surface area contributed by atoms with E-state index in [1.165, 1.54) is 12.1 Å². The van der Waals surface area contributed by atoms with Crippen molar-refractivity contribution < 1.29 is 27.4 Å². The molecule has 6 nitrogen and oxygen atoms in total. The highest BCUT2D eigenvalue weighted by molar-refractivity contribution is 5.84. The lowest BCUT2D eigenvalue weighted by atomic mass is 9.97. The summed E-state index contributed by atoms with van der Waals surface area (Å²) in [5.41, 5.74) is 0.339. The second kappa shape index (κ2) is 6.86. The second-order valence-corrected chi connectivity index (χ2v) is 7.43. The summed E-state index contributed by atoms with van der Waals surface area (Å²) in [6, 6.07) is 2.92. The fraction of sp³-hybridized carbons (Fsp3) is 0.579. The molecule has 0 radical (unpaired) electrons. The number of piperidine rings is 1. The van der Waals surface area contributed by atoms with Crippen molar-refractivity contribution in [2.75, 3.05) is 13.2 Å². The Morgan fingerprint density at radius 3 is 2.36 bits per heavy atom. The van der Waals surface area contributed by atoms with Crippen LogP contribution in [-0.4, -0.2) is 45.7 Å². The topological polar surface area (TPSA) is 56.6 Å². The normalized spacial score (nSPS) is 22.5. The quantitative estimate of drug-likeness (QED) is 0.777.